The van der Waals surface area contributed by atoms with Gasteiger partial charge < -0.3 is 14.3 Å². The van der Waals surface area contributed by atoms with Crippen molar-refractivity contribution < 1.29 is 14.3 Å². The summed E-state index contributed by atoms with van der Waals surface area (Å²) in [7, 11) is 0. The summed E-state index contributed by atoms with van der Waals surface area (Å²) in [5.41, 5.74) is 4.77. The van der Waals surface area contributed by atoms with Gasteiger partial charge in [0.25, 0.3) is 0 Å². The maximum absolute atomic E-state index is 12.6. The SMILES string of the molecule is CC(C)=CC/C(C)=C/CC/C(C)=C/COc1cc(O)c2c(=O)cc(-c3ccccc3)oc2c1. The quantitative estimate of drug-likeness (QED) is 0.346. The van der Waals surface area contributed by atoms with Crippen LogP contribution in [0.3, 0.4) is 0 Å². The van der Waals surface area contributed by atoms with Gasteiger partial charge in [-0.25, -0.2) is 0 Å². The number of rotatable bonds is 9. The summed E-state index contributed by atoms with van der Waals surface area (Å²) in [4.78, 5) is 12.6. The Hall–Kier alpha value is -3.53. The molecule has 0 atom stereocenters. The van der Waals surface area contributed by atoms with Gasteiger partial charge in [0.05, 0.1) is 0 Å². The van der Waals surface area contributed by atoms with E-state index in [4.69, 9.17) is 9.15 Å². The Morgan fingerprint density at radius 3 is 2.45 bits per heavy atom. The summed E-state index contributed by atoms with van der Waals surface area (Å²) < 4.78 is 11.7. The third-order valence-corrected chi connectivity index (χ3v) is 5.39. The molecule has 0 aliphatic rings. The second-order valence-electron chi connectivity index (χ2n) is 8.59. The molecule has 0 bridgehead atoms. The van der Waals surface area contributed by atoms with E-state index in [1.807, 2.05) is 36.4 Å². The molecule has 1 N–H and O–H groups in total. The van der Waals surface area contributed by atoms with Crippen molar-refractivity contribution in [2.45, 2.75) is 47.0 Å². The molecule has 0 aliphatic carbocycles. The second-order valence-corrected chi connectivity index (χ2v) is 8.59. The zero-order valence-corrected chi connectivity index (χ0v) is 19.9. The number of allylic oxidation sites excluding steroid dienone is 5. The molecule has 4 heteroatoms. The highest BCUT2D eigenvalue weighted by molar-refractivity contribution is 5.86. The fraction of sp³-hybridized carbons (Fsp3) is 0.276. The molecule has 33 heavy (non-hydrogen) atoms. The van der Waals surface area contributed by atoms with E-state index in [0.717, 1.165) is 24.8 Å². The van der Waals surface area contributed by atoms with E-state index in [1.165, 1.54) is 28.9 Å². The van der Waals surface area contributed by atoms with Crippen LogP contribution in [0.4, 0.5) is 0 Å². The van der Waals surface area contributed by atoms with Crippen LogP contribution < -0.4 is 10.2 Å². The number of aromatic hydroxyl groups is 1. The lowest BCUT2D eigenvalue weighted by molar-refractivity contribution is 0.358. The van der Waals surface area contributed by atoms with E-state index in [2.05, 4.69) is 39.8 Å². The Morgan fingerprint density at radius 2 is 1.73 bits per heavy atom. The lowest BCUT2D eigenvalue weighted by Gasteiger charge is -2.09. The minimum Gasteiger partial charge on any atom is -0.507 e. The Bertz CT molecular complexity index is 1240. The van der Waals surface area contributed by atoms with Gasteiger partial charge in [-0.3, -0.25) is 4.79 Å². The minimum absolute atomic E-state index is 0.145. The van der Waals surface area contributed by atoms with E-state index in [9.17, 15) is 9.90 Å². The lowest BCUT2D eigenvalue weighted by Crippen LogP contribution is -2.02. The van der Waals surface area contributed by atoms with Crippen LogP contribution in [0.5, 0.6) is 11.5 Å². The molecule has 3 rings (SSSR count). The molecule has 172 valence electrons. The normalized spacial score (nSPS) is 12.1. The van der Waals surface area contributed by atoms with Crippen molar-refractivity contribution in [1.29, 1.82) is 0 Å². The number of benzene rings is 2. The van der Waals surface area contributed by atoms with Gasteiger partial charge in [-0.1, -0.05) is 59.2 Å². The molecule has 1 aromatic heterocycles. The molecule has 3 aromatic rings. The minimum atomic E-state index is -0.289. The van der Waals surface area contributed by atoms with Crippen molar-refractivity contribution in [3.63, 3.8) is 0 Å². The molecular formula is C29H32O4. The number of hydrogen-bond acceptors (Lipinski definition) is 4. The van der Waals surface area contributed by atoms with Crippen LogP contribution in [0, 0.1) is 0 Å². The van der Waals surface area contributed by atoms with Crippen molar-refractivity contribution in [3.05, 3.63) is 93.7 Å². The summed E-state index contributed by atoms with van der Waals surface area (Å²) in [5, 5.41) is 10.5. The molecule has 0 spiro atoms. The average molecular weight is 445 g/mol. The average Bonchev–Trinajstić information content (AvgIpc) is 2.77. The van der Waals surface area contributed by atoms with E-state index < -0.39 is 0 Å². The molecule has 0 saturated heterocycles. The van der Waals surface area contributed by atoms with Gasteiger partial charge >= 0.3 is 0 Å². The van der Waals surface area contributed by atoms with E-state index in [-0.39, 0.29) is 16.6 Å². The van der Waals surface area contributed by atoms with Crippen molar-refractivity contribution in [3.8, 4) is 22.8 Å². The summed E-state index contributed by atoms with van der Waals surface area (Å²) in [6.45, 7) is 8.86. The first kappa shape index (κ1) is 24.1. The zero-order chi connectivity index (χ0) is 23.8. The molecule has 0 unspecified atom stereocenters. The molecule has 2 aromatic carbocycles. The second kappa shape index (κ2) is 11.4. The summed E-state index contributed by atoms with van der Waals surface area (Å²) in [6, 6.07) is 13.9. The van der Waals surface area contributed by atoms with Crippen LogP contribution in [-0.4, -0.2) is 11.7 Å². The molecule has 4 nitrogen and oxygen atoms in total. The van der Waals surface area contributed by atoms with Gasteiger partial charge in [-0.05, 0) is 53.0 Å². The molecule has 0 fully saturated rings. The van der Waals surface area contributed by atoms with Gasteiger partial charge in [0.1, 0.15) is 34.8 Å². The highest BCUT2D eigenvalue weighted by atomic mass is 16.5. The Labute approximate surface area is 195 Å². The van der Waals surface area contributed by atoms with Gasteiger partial charge in [-0.15, -0.1) is 0 Å². The fourth-order valence-electron chi connectivity index (χ4n) is 3.45. The Morgan fingerprint density at radius 1 is 0.970 bits per heavy atom. The Balaban J connectivity index is 1.67. The molecule has 0 saturated carbocycles. The Kier molecular flexibility index (Phi) is 8.31. The van der Waals surface area contributed by atoms with Gasteiger partial charge in [0.2, 0.25) is 0 Å². The first-order chi connectivity index (χ1) is 15.8. The van der Waals surface area contributed by atoms with Crippen molar-refractivity contribution in [1.82, 2.24) is 0 Å². The smallest absolute Gasteiger partial charge is 0.197 e. The molecule has 0 radical (unpaired) electrons. The van der Waals surface area contributed by atoms with Crippen LogP contribution >= 0.6 is 0 Å². The van der Waals surface area contributed by atoms with Gasteiger partial charge in [-0.2, -0.15) is 0 Å². The molecular weight excluding hydrogens is 412 g/mol. The highest BCUT2D eigenvalue weighted by Gasteiger charge is 2.12. The number of fused-ring (bicyclic) bond motifs is 1. The van der Waals surface area contributed by atoms with E-state index in [0.29, 0.717) is 23.7 Å². The van der Waals surface area contributed by atoms with Crippen LogP contribution in [-0.2, 0) is 0 Å². The number of hydrogen-bond donors (Lipinski definition) is 1. The standard InChI is InChI=1S/C29H32O4/c1-20(2)13-14-21(3)9-8-10-22(4)15-16-32-24-17-25(30)29-26(31)19-27(33-28(29)18-24)23-11-6-5-7-12-23/h5-7,9,11-13,15,17-19,30H,8,10,14,16H2,1-4H3/b21-9+,22-15+. The third kappa shape index (κ3) is 6.98. The van der Waals surface area contributed by atoms with Crippen molar-refractivity contribution in [2.24, 2.45) is 0 Å². The molecule has 0 aliphatic heterocycles. The third-order valence-electron chi connectivity index (χ3n) is 5.39. The molecule has 0 amide bonds. The first-order valence-electron chi connectivity index (χ1n) is 11.3. The largest absolute Gasteiger partial charge is 0.507 e. The number of phenolic OH excluding ortho intramolecular Hbond substituents is 1. The van der Waals surface area contributed by atoms with Crippen molar-refractivity contribution in [2.75, 3.05) is 6.61 Å². The maximum atomic E-state index is 12.6. The van der Waals surface area contributed by atoms with Crippen LogP contribution in [0.2, 0.25) is 0 Å². The first-order valence-corrected chi connectivity index (χ1v) is 11.3. The number of ether oxygens (including phenoxy) is 1. The fourth-order valence-corrected chi connectivity index (χ4v) is 3.45. The predicted molar refractivity (Wildman–Crippen MR) is 136 cm³/mol. The summed E-state index contributed by atoms with van der Waals surface area (Å²) in [5.74, 6) is 0.761. The van der Waals surface area contributed by atoms with Crippen molar-refractivity contribution >= 4 is 11.0 Å². The summed E-state index contributed by atoms with van der Waals surface area (Å²) in [6.07, 6.45) is 9.53. The number of phenols is 1. The van der Waals surface area contributed by atoms with E-state index in [1.54, 1.807) is 6.07 Å². The van der Waals surface area contributed by atoms with Crippen LogP contribution in [0.25, 0.3) is 22.3 Å². The van der Waals surface area contributed by atoms with Crippen LogP contribution in [0.1, 0.15) is 47.0 Å². The van der Waals surface area contributed by atoms with Gasteiger partial charge in [0, 0.05) is 23.8 Å². The molecule has 1 heterocycles. The maximum Gasteiger partial charge on any atom is 0.197 e. The zero-order valence-electron chi connectivity index (χ0n) is 19.9. The van der Waals surface area contributed by atoms with Crippen LogP contribution in [0.15, 0.2) is 92.7 Å². The van der Waals surface area contributed by atoms with E-state index >= 15 is 0 Å². The topological polar surface area (TPSA) is 59.7 Å². The highest BCUT2D eigenvalue weighted by Crippen LogP contribution is 2.31. The lowest BCUT2D eigenvalue weighted by atomic mass is 10.1. The van der Waals surface area contributed by atoms with Gasteiger partial charge in [0.15, 0.2) is 5.43 Å². The monoisotopic (exact) mass is 444 g/mol. The predicted octanol–water partition coefficient (Wildman–Crippen LogP) is 7.57. The summed E-state index contributed by atoms with van der Waals surface area (Å²) >= 11 is 0.